The number of aromatic nitrogens is 2. The first-order chi connectivity index (χ1) is 15.9. The Balaban J connectivity index is 1.50. The van der Waals surface area contributed by atoms with Crippen LogP contribution in [-0.4, -0.2) is 47.0 Å². The minimum Gasteiger partial charge on any atom is -0.459 e. The van der Waals surface area contributed by atoms with E-state index in [9.17, 15) is 18.0 Å². The van der Waals surface area contributed by atoms with E-state index in [0.29, 0.717) is 49.4 Å². The molecule has 0 saturated carbocycles. The zero-order chi connectivity index (χ0) is 23.0. The molecule has 4 aromatic rings. The smallest absolute Gasteiger partial charge is 0.433 e. The summed E-state index contributed by atoms with van der Waals surface area (Å²) >= 11 is 1.46. The highest BCUT2D eigenvalue weighted by Gasteiger charge is 2.33. The van der Waals surface area contributed by atoms with Gasteiger partial charge in [0.15, 0.2) is 5.76 Å². The van der Waals surface area contributed by atoms with Crippen LogP contribution in [0.25, 0.3) is 22.0 Å². The summed E-state index contributed by atoms with van der Waals surface area (Å²) in [5.41, 5.74) is 0.670. The second-order valence-electron chi connectivity index (χ2n) is 7.71. The number of amides is 1. The van der Waals surface area contributed by atoms with Crippen LogP contribution >= 0.6 is 11.3 Å². The van der Waals surface area contributed by atoms with E-state index in [-0.39, 0.29) is 17.2 Å². The van der Waals surface area contributed by atoms with Gasteiger partial charge in [0.1, 0.15) is 11.5 Å². The number of rotatable bonds is 3. The Hall–Kier alpha value is -3.40. The van der Waals surface area contributed by atoms with Crippen molar-refractivity contribution in [2.75, 3.05) is 31.1 Å². The fourth-order valence-corrected chi connectivity index (χ4v) is 4.68. The van der Waals surface area contributed by atoms with Gasteiger partial charge in [-0.3, -0.25) is 4.79 Å². The largest absolute Gasteiger partial charge is 0.459 e. The molecule has 1 fully saturated rings. The third-order valence-electron chi connectivity index (χ3n) is 5.64. The number of thiophene rings is 1. The maximum Gasteiger partial charge on any atom is 0.433 e. The molecule has 170 valence electrons. The number of furan rings is 1. The molecule has 6 nitrogen and oxygen atoms in total. The molecule has 0 spiro atoms. The van der Waals surface area contributed by atoms with Gasteiger partial charge in [0, 0.05) is 43.3 Å². The molecule has 0 unspecified atom stereocenters. The number of alkyl halides is 3. The number of nitrogens with zero attached hydrogens (tertiary/aromatic N) is 4. The minimum atomic E-state index is -4.54. The topological polar surface area (TPSA) is 62.5 Å². The van der Waals surface area contributed by atoms with Crippen LogP contribution in [0, 0.1) is 0 Å². The van der Waals surface area contributed by atoms with Gasteiger partial charge < -0.3 is 14.2 Å². The Kier molecular flexibility index (Phi) is 5.53. The average molecular weight is 472 g/mol. The fraction of sp³-hybridized carbons (Fsp3) is 0.261. The van der Waals surface area contributed by atoms with Crippen molar-refractivity contribution >= 4 is 34.0 Å². The molecule has 4 aromatic heterocycles. The van der Waals surface area contributed by atoms with Gasteiger partial charge in [-0.1, -0.05) is 0 Å². The summed E-state index contributed by atoms with van der Waals surface area (Å²) in [4.78, 5) is 25.0. The molecule has 5 heterocycles. The van der Waals surface area contributed by atoms with Gasteiger partial charge in [-0.2, -0.15) is 24.5 Å². The van der Waals surface area contributed by atoms with Gasteiger partial charge in [-0.05, 0) is 53.1 Å². The Morgan fingerprint density at radius 3 is 2.70 bits per heavy atom. The molecule has 33 heavy (non-hydrogen) atoms. The lowest BCUT2D eigenvalue weighted by atomic mass is 10.1. The Bertz CT molecular complexity index is 1270. The average Bonchev–Trinajstić information content (AvgIpc) is 3.48. The van der Waals surface area contributed by atoms with Crippen LogP contribution in [-0.2, 0) is 6.18 Å². The SMILES string of the molecule is O=C(c1ccco1)N1CCCN(c2ncc(-c3ccsc3)c3nc(C(F)(F)F)ccc23)CC1. The van der Waals surface area contributed by atoms with Crippen molar-refractivity contribution < 1.29 is 22.4 Å². The summed E-state index contributed by atoms with van der Waals surface area (Å²) in [7, 11) is 0. The molecule has 0 aliphatic carbocycles. The number of carbonyl (C=O) groups is 1. The number of anilines is 1. The molecule has 1 aliphatic heterocycles. The molecule has 0 radical (unpaired) electrons. The molecule has 10 heteroatoms. The third kappa shape index (κ3) is 4.18. The second-order valence-corrected chi connectivity index (χ2v) is 8.49. The summed E-state index contributed by atoms with van der Waals surface area (Å²) in [6.45, 7) is 2.11. The van der Waals surface area contributed by atoms with Gasteiger partial charge in [-0.25, -0.2) is 9.97 Å². The van der Waals surface area contributed by atoms with Crippen molar-refractivity contribution in [3.63, 3.8) is 0 Å². The number of hydrogen-bond donors (Lipinski definition) is 0. The molecule has 0 atom stereocenters. The fourth-order valence-electron chi connectivity index (χ4n) is 4.03. The maximum atomic E-state index is 13.4. The molecule has 1 amide bonds. The van der Waals surface area contributed by atoms with Crippen LogP contribution in [0.1, 0.15) is 22.7 Å². The quantitative estimate of drug-likeness (QED) is 0.404. The Morgan fingerprint density at radius 1 is 1.09 bits per heavy atom. The van der Waals surface area contributed by atoms with Crippen LogP contribution in [0.3, 0.4) is 0 Å². The lowest BCUT2D eigenvalue weighted by Crippen LogP contribution is -2.35. The molecular weight excluding hydrogens is 453 g/mol. The van der Waals surface area contributed by atoms with Crippen molar-refractivity contribution in [1.82, 2.24) is 14.9 Å². The summed E-state index contributed by atoms with van der Waals surface area (Å²) in [6, 6.07) is 7.58. The van der Waals surface area contributed by atoms with Crippen molar-refractivity contribution in [1.29, 1.82) is 0 Å². The maximum absolute atomic E-state index is 13.4. The number of pyridine rings is 2. The monoisotopic (exact) mass is 472 g/mol. The van der Waals surface area contributed by atoms with E-state index in [1.165, 1.54) is 23.7 Å². The van der Waals surface area contributed by atoms with E-state index in [4.69, 9.17) is 4.42 Å². The Labute approximate surface area is 191 Å². The van der Waals surface area contributed by atoms with E-state index >= 15 is 0 Å². The van der Waals surface area contributed by atoms with Crippen molar-refractivity contribution in [2.45, 2.75) is 12.6 Å². The highest BCUT2D eigenvalue weighted by molar-refractivity contribution is 7.08. The van der Waals surface area contributed by atoms with Gasteiger partial charge >= 0.3 is 6.18 Å². The van der Waals surface area contributed by atoms with Crippen molar-refractivity contribution in [3.8, 4) is 11.1 Å². The predicted molar refractivity (Wildman–Crippen MR) is 119 cm³/mol. The van der Waals surface area contributed by atoms with Gasteiger partial charge in [0.05, 0.1) is 11.8 Å². The lowest BCUT2D eigenvalue weighted by molar-refractivity contribution is -0.140. The van der Waals surface area contributed by atoms with Crippen molar-refractivity contribution in [2.24, 2.45) is 0 Å². The van der Waals surface area contributed by atoms with E-state index in [2.05, 4.69) is 9.97 Å². The van der Waals surface area contributed by atoms with Crippen molar-refractivity contribution in [3.05, 3.63) is 65.0 Å². The zero-order valence-corrected chi connectivity index (χ0v) is 18.2. The first-order valence-corrected chi connectivity index (χ1v) is 11.3. The highest BCUT2D eigenvalue weighted by Crippen LogP contribution is 2.36. The number of halogens is 3. The normalized spacial score (nSPS) is 15.1. The Morgan fingerprint density at radius 2 is 1.97 bits per heavy atom. The minimum absolute atomic E-state index is 0.177. The summed E-state index contributed by atoms with van der Waals surface area (Å²) < 4.78 is 45.4. The summed E-state index contributed by atoms with van der Waals surface area (Å²) in [5, 5.41) is 4.28. The zero-order valence-electron chi connectivity index (χ0n) is 17.4. The summed E-state index contributed by atoms with van der Waals surface area (Å²) in [5.74, 6) is 0.678. The highest BCUT2D eigenvalue weighted by atomic mass is 32.1. The van der Waals surface area contributed by atoms with Crippen LogP contribution in [0.5, 0.6) is 0 Å². The summed E-state index contributed by atoms with van der Waals surface area (Å²) in [6.07, 6.45) is -0.803. The first-order valence-electron chi connectivity index (χ1n) is 10.4. The van der Waals surface area contributed by atoms with E-state index in [1.807, 2.05) is 21.7 Å². The van der Waals surface area contributed by atoms with Gasteiger partial charge in [-0.15, -0.1) is 0 Å². The second kappa shape index (κ2) is 8.51. The number of carbonyl (C=O) groups excluding carboxylic acids is 1. The molecule has 1 aliphatic rings. The standard InChI is InChI=1S/C23H19F3N4O2S/c24-23(25,26)19-5-4-16-20(28-19)17(15-6-12-33-14-15)13-27-21(16)29-7-2-8-30(10-9-29)22(31)18-3-1-11-32-18/h1,3-6,11-14H,2,7-10H2. The van der Waals surface area contributed by atoms with E-state index in [0.717, 1.165) is 11.6 Å². The molecule has 0 bridgehead atoms. The van der Waals surface area contributed by atoms with E-state index in [1.54, 1.807) is 23.2 Å². The van der Waals surface area contributed by atoms with Crippen LogP contribution in [0.2, 0.25) is 0 Å². The molecule has 1 saturated heterocycles. The molecule has 0 N–H and O–H groups in total. The predicted octanol–water partition coefficient (Wildman–Crippen LogP) is 5.32. The van der Waals surface area contributed by atoms with E-state index < -0.39 is 11.9 Å². The lowest BCUT2D eigenvalue weighted by Gasteiger charge is -2.24. The van der Waals surface area contributed by atoms with Crippen LogP contribution in [0.15, 0.2) is 58.0 Å². The molecule has 5 rings (SSSR count). The first kappa shape index (κ1) is 21.4. The van der Waals surface area contributed by atoms with Gasteiger partial charge in [0.25, 0.3) is 5.91 Å². The van der Waals surface area contributed by atoms with Gasteiger partial charge in [0.2, 0.25) is 0 Å². The molecule has 0 aromatic carbocycles. The molecular formula is C23H19F3N4O2S. The number of hydrogen-bond acceptors (Lipinski definition) is 6. The van der Waals surface area contributed by atoms with Crippen LogP contribution in [0.4, 0.5) is 19.0 Å². The van der Waals surface area contributed by atoms with Crippen LogP contribution < -0.4 is 4.90 Å². The third-order valence-corrected chi connectivity index (χ3v) is 6.33. The number of fused-ring (bicyclic) bond motifs is 1.